The van der Waals surface area contributed by atoms with Crippen LogP contribution in [0.4, 0.5) is 0 Å². The van der Waals surface area contributed by atoms with Crippen LogP contribution in [0.5, 0.6) is 0 Å². The first kappa shape index (κ1) is 27.2. The third-order valence-electron chi connectivity index (χ3n) is 6.38. The Morgan fingerprint density at radius 3 is 2.59 bits per heavy atom. The van der Waals surface area contributed by atoms with Crippen LogP contribution in [0.2, 0.25) is 5.02 Å². The zero-order chi connectivity index (χ0) is 27.8. The molecule has 1 aliphatic heterocycles. The molecule has 0 bridgehead atoms. The number of allylic oxidation sites excluding steroid dienone is 1. The molecule has 6 nitrogen and oxygen atoms in total. The summed E-state index contributed by atoms with van der Waals surface area (Å²) in [6.07, 6.45) is 3.41. The average molecular weight is 579 g/mol. The number of rotatable bonds is 6. The number of carbonyl (C=O) groups is 1. The number of aryl methyl sites for hydroxylation is 1. The van der Waals surface area contributed by atoms with Crippen LogP contribution in [0.1, 0.15) is 43.7 Å². The van der Waals surface area contributed by atoms with Gasteiger partial charge in [0.15, 0.2) is 4.80 Å². The summed E-state index contributed by atoms with van der Waals surface area (Å²) in [5.74, 6) is 0.716. The van der Waals surface area contributed by atoms with Gasteiger partial charge in [0.25, 0.3) is 5.56 Å². The van der Waals surface area contributed by atoms with Crippen molar-refractivity contribution < 1.29 is 13.9 Å². The number of hydrogen-bond acceptors (Lipinski definition) is 7. The molecule has 200 valence electrons. The van der Waals surface area contributed by atoms with Gasteiger partial charge in [-0.15, -0.1) is 11.8 Å². The second-order valence-corrected chi connectivity index (χ2v) is 11.8. The number of nitrogens with zero attached hydrogens (tertiary/aromatic N) is 2. The van der Waals surface area contributed by atoms with Crippen molar-refractivity contribution in [2.24, 2.45) is 4.99 Å². The molecule has 5 rings (SSSR count). The number of halogens is 1. The van der Waals surface area contributed by atoms with E-state index in [9.17, 15) is 9.59 Å². The summed E-state index contributed by atoms with van der Waals surface area (Å²) in [6, 6.07) is 16.5. The minimum atomic E-state index is -0.660. The number of thiazole rings is 1. The fourth-order valence-corrected chi connectivity index (χ4v) is 6.13. The summed E-state index contributed by atoms with van der Waals surface area (Å²) in [5.41, 5.74) is 3.36. The first-order valence-corrected chi connectivity index (χ1v) is 14.8. The van der Waals surface area contributed by atoms with E-state index >= 15 is 0 Å². The van der Waals surface area contributed by atoms with Gasteiger partial charge in [-0.3, -0.25) is 9.36 Å². The average Bonchev–Trinajstić information content (AvgIpc) is 3.48. The molecule has 1 atom stereocenters. The largest absolute Gasteiger partial charge is 0.459 e. The van der Waals surface area contributed by atoms with Gasteiger partial charge in [0.05, 0.1) is 27.9 Å². The zero-order valence-electron chi connectivity index (χ0n) is 22.2. The Labute approximate surface area is 239 Å². The van der Waals surface area contributed by atoms with Crippen molar-refractivity contribution >= 4 is 46.7 Å². The van der Waals surface area contributed by atoms with E-state index in [1.54, 1.807) is 43.2 Å². The van der Waals surface area contributed by atoms with E-state index in [-0.39, 0.29) is 11.7 Å². The molecule has 0 amide bonds. The third kappa shape index (κ3) is 5.41. The number of benzene rings is 2. The van der Waals surface area contributed by atoms with Crippen molar-refractivity contribution in [3.05, 3.63) is 107 Å². The highest BCUT2D eigenvalue weighted by Gasteiger charge is 2.33. The fraction of sp³-hybridized carbons (Fsp3) is 0.233. The molecule has 0 spiro atoms. The fourth-order valence-electron chi connectivity index (χ4n) is 4.53. The van der Waals surface area contributed by atoms with Crippen molar-refractivity contribution in [1.82, 2.24) is 4.57 Å². The van der Waals surface area contributed by atoms with Gasteiger partial charge in [0.2, 0.25) is 0 Å². The second-order valence-electron chi connectivity index (χ2n) is 9.47. The number of aromatic nitrogens is 1. The van der Waals surface area contributed by atoms with E-state index in [4.69, 9.17) is 20.8 Å². The highest BCUT2D eigenvalue weighted by molar-refractivity contribution is 7.98. The van der Waals surface area contributed by atoms with Crippen LogP contribution < -0.4 is 14.9 Å². The lowest BCUT2D eigenvalue weighted by Crippen LogP contribution is -2.40. The van der Waals surface area contributed by atoms with Gasteiger partial charge in [0, 0.05) is 21.6 Å². The summed E-state index contributed by atoms with van der Waals surface area (Å²) in [6.45, 7) is 7.37. The maximum Gasteiger partial charge on any atom is 0.338 e. The minimum Gasteiger partial charge on any atom is -0.459 e. The summed E-state index contributed by atoms with van der Waals surface area (Å²) in [5, 5.41) is 0.620. The van der Waals surface area contributed by atoms with Gasteiger partial charge in [-0.25, -0.2) is 9.79 Å². The smallest absolute Gasteiger partial charge is 0.338 e. The van der Waals surface area contributed by atoms with Gasteiger partial charge >= 0.3 is 5.97 Å². The Morgan fingerprint density at radius 1 is 1.15 bits per heavy atom. The van der Waals surface area contributed by atoms with Crippen LogP contribution in [0.25, 0.3) is 17.4 Å². The van der Waals surface area contributed by atoms with Gasteiger partial charge < -0.3 is 9.15 Å². The lowest BCUT2D eigenvalue weighted by Gasteiger charge is -2.25. The predicted molar refractivity (Wildman–Crippen MR) is 157 cm³/mol. The van der Waals surface area contributed by atoms with Crippen LogP contribution in [-0.4, -0.2) is 22.9 Å². The lowest BCUT2D eigenvalue weighted by molar-refractivity contribution is -0.143. The Bertz CT molecular complexity index is 1780. The highest BCUT2D eigenvalue weighted by atomic mass is 35.5. The number of hydrogen-bond donors (Lipinski definition) is 0. The number of thioether (sulfide) groups is 1. The normalized spacial score (nSPS) is 15.5. The first-order valence-electron chi connectivity index (χ1n) is 12.4. The van der Waals surface area contributed by atoms with Crippen LogP contribution >= 0.6 is 34.7 Å². The molecule has 0 N–H and O–H groups in total. The van der Waals surface area contributed by atoms with Crippen molar-refractivity contribution in [3.63, 3.8) is 0 Å². The van der Waals surface area contributed by atoms with E-state index in [1.165, 1.54) is 11.3 Å². The monoisotopic (exact) mass is 578 g/mol. The Hall–Kier alpha value is -3.33. The van der Waals surface area contributed by atoms with E-state index < -0.39 is 12.0 Å². The van der Waals surface area contributed by atoms with Gasteiger partial charge in [-0.1, -0.05) is 41.1 Å². The molecule has 0 aliphatic carbocycles. The van der Waals surface area contributed by atoms with Crippen LogP contribution in [0.3, 0.4) is 0 Å². The quantitative estimate of drug-likeness (QED) is 0.203. The molecular weight excluding hydrogens is 552 g/mol. The molecule has 39 heavy (non-hydrogen) atoms. The van der Waals surface area contributed by atoms with E-state index in [0.717, 1.165) is 21.6 Å². The SMILES string of the molecule is CSc1ccc([C@@H]2C(C(=O)OC(C)C)=C(C)N=c3s/c(=C\c4ccc(-c5cc(Cl)ccc5C)o4)c(=O)n32)cc1. The summed E-state index contributed by atoms with van der Waals surface area (Å²) >= 11 is 9.08. The lowest BCUT2D eigenvalue weighted by atomic mass is 9.96. The summed E-state index contributed by atoms with van der Waals surface area (Å²) in [7, 11) is 0. The molecule has 0 saturated heterocycles. The van der Waals surface area contributed by atoms with E-state index in [1.807, 2.05) is 67.8 Å². The number of carbonyl (C=O) groups excluding carboxylic acids is 1. The second kappa shape index (κ2) is 11.0. The molecule has 0 saturated carbocycles. The van der Waals surface area contributed by atoms with Crippen molar-refractivity contribution in [3.8, 4) is 11.3 Å². The molecule has 1 aliphatic rings. The summed E-state index contributed by atoms with van der Waals surface area (Å²) in [4.78, 5) is 33.3. The Kier molecular flexibility index (Phi) is 7.71. The third-order valence-corrected chi connectivity index (χ3v) is 8.34. The molecule has 2 aromatic carbocycles. The Balaban J connectivity index is 1.63. The van der Waals surface area contributed by atoms with Gasteiger partial charge in [0.1, 0.15) is 11.5 Å². The maximum atomic E-state index is 13.8. The van der Waals surface area contributed by atoms with Crippen LogP contribution in [-0.2, 0) is 9.53 Å². The van der Waals surface area contributed by atoms with E-state index in [0.29, 0.717) is 37.1 Å². The standard InChI is InChI=1S/C30H27ClN2O4S2/c1-16(2)36-29(35)26-18(4)32-30-33(27(26)19-7-11-22(38-5)12-8-19)28(34)25(39-30)15-21-10-13-24(37-21)23-14-20(31)9-6-17(23)3/h6-16,27H,1-5H3/b25-15-/t27-/m1/s1. The predicted octanol–water partition coefficient (Wildman–Crippen LogP) is 6.13. The highest BCUT2D eigenvalue weighted by Crippen LogP contribution is 2.32. The van der Waals surface area contributed by atoms with Gasteiger partial charge in [-0.2, -0.15) is 0 Å². The van der Waals surface area contributed by atoms with Gasteiger partial charge in [-0.05, 0) is 81.5 Å². The topological polar surface area (TPSA) is 73.8 Å². The van der Waals surface area contributed by atoms with Crippen LogP contribution in [0, 0.1) is 6.92 Å². The van der Waals surface area contributed by atoms with Crippen molar-refractivity contribution in [1.29, 1.82) is 0 Å². The van der Waals surface area contributed by atoms with Crippen LogP contribution in [0.15, 0.2) is 85.0 Å². The van der Waals surface area contributed by atoms with Crippen molar-refractivity contribution in [2.45, 2.75) is 44.7 Å². The molecule has 0 radical (unpaired) electrons. The molecule has 2 aromatic heterocycles. The first-order chi connectivity index (χ1) is 18.7. The maximum absolute atomic E-state index is 13.8. The van der Waals surface area contributed by atoms with Crippen molar-refractivity contribution in [2.75, 3.05) is 6.26 Å². The minimum absolute atomic E-state index is 0.253. The molecule has 3 heterocycles. The zero-order valence-corrected chi connectivity index (χ0v) is 24.5. The molecular formula is C30H27ClN2O4S2. The Morgan fingerprint density at radius 2 is 1.90 bits per heavy atom. The number of fused-ring (bicyclic) bond motifs is 1. The molecule has 0 unspecified atom stereocenters. The van der Waals surface area contributed by atoms with E-state index in [2.05, 4.69) is 4.99 Å². The summed E-state index contributed by atoms with van der Waals surface area (Å²) < 4.78 is 13.7. The number of furan rings is 1. The molecule has 0 fully saturated rings. The molecule has 9 heteroatoms. The number of esters is 1. The number of ether oxygens (including phenoxy) is 1. The molecule has 4 aromatic rings.